The number of rotatable bonds is 5. The smallest absolute Gasteiger partial charge is 0.322 e. The minimum Gasteiger partial charge on any atom is -0.495 e. The standard InChI is InChI=1S/C21H16N4O4/c1-27-18-10-14-13-6-2-3-7-16(13)29-17(14)11-15(18)22-20(26)12-28-21-24-23-19-8-4-5-9-25(19)21/h2-11H,12H2,1H3,(H,22,26). The maximum absolute atomic E-state index is 12.4. The van der Waals surface area contributed by atoms with E-state index >= 15 is 0 Å². The van der Waals surface area contributed by atoms with Gasteiger partial charge in [0.2, 0.25) is 0 Å². The predicted molar refractivity (Wildman–Crippen MR) is 107 cm³/mol. The Kier molecular flexibility index (Phi) is 4.02. The topological polar surface area (TPSA) is 90.9 Å². The van der Waals surface area contributed by atoms with Crippen LogP contribution < -0.4 is 14.8 Å². The highest BCUT2D eigenvalue weighted by Crippen LogP contribution is 2.36. The van der Waals surface area contributed by atoms with E-state index in [4.69, 9.17) is 13.9 Å². The van der Waals surface area contributed by atoms with E-state index in [-0.39, 0.29) is 18.5 Å². The number of methoxy groups -OCH3 is 1. The highest BCUT2D eigenvalue weighted by molar-refractivity contribution is 6.07. The molecule has 1 amide bonds. The Labute approximate surface area is 164 Å². The van der Waals surface area contributed by atoms with Gasteiger partial charge in [-0.25, -0.2) is 0 Å². The molecule has 0 fully saturated rings. The van der Waals surface area contributed by atoms with Gasteiger partial charge in [0.05, 0.1) is 12.8 Å². The van der Waals surface area contributed by atoms with Crippen molar-refractivity contribution < 1.29 is 18.7 Å². The van der Waals surface area contributed by atoms with Crippen molar-refractivity contribution in [1.29, 1.82) is 0 Å². The number of hydrogen-bond acceptors (Lipinski definition) is 6. The van der Waals surface area contributed by atoms with E-state index in [1.165, 1.54) is 0 Å². The van der Waals surface area contributed by atoms with Crippen LogP contribution in [0.15, 0.2) is 65.2 Å². The molecule has 3 aromatic heterocycles. The number of furan rings is 1. The van der Waals surface area contributed by atoms with Crippen molar-refractivity contribution in [2.75, 3.05) is 19.0 Å². The third-order valence-corrected chi connectivity index (χ3v) is 4.59. The first kappa shape index (κ1) is 17.1. The molecular weight excluding hydrogens is 372 g/mol. The molecule has 5 rings (SSSR count). The van der Waals surface area contributed by atoms with E-state index in [1.54, 1.807) is 29.8 Å². The molecule has 0 spiro atoms. The number of carbonyl (C=O) groups is 1. The fourth-order valence-corrected chi connectivity index (χ4v) is 3.25. The summed E-state index contributed by atoms with van der Waals surface area (Å²) in [5.41, 5.74) is 2.57. The van der Waals surface area contributed by atoms with Gasteiger partial charge in [0.1, 0.15) is 16.9 Å². The molecule has 0 bridgehead atoms. The van der Waals surface area contributed by atoms with E-state index in [1.807, 2.05) is 42.5 Å². The second-order valence-electron chi connectivity index (χ2n) is 6.40. The van der Waals surface area contributed by atoms with Gasteiger partial charge in [-0.3, -0.25) is 9.20 Å². The number of benzene rings is 2. The van der Waals surface area contributed by atoms with Gasteiger partial charge in [-0.15, -0.1) is 5.10 Å². The highest BCUT2D eigenvalue weighted by Gasteiger charge is 2.15. The zero-order valence-electron chi connectivity index (χ0n) is 15.5. The zero-order valence-corrected chi connectivity index (χ0v) is 15.5. The fourth-order valence-electron chi connectivity index (χ4n) is 3.25. The number of hydrogen-bond donors (Lipinski definition) is 1. The van der Waals surface area contributed by atoms with Crippen LogP contribution in [0.2, 0.25) is 0 Å². The van der Waals surface area contributed by atoms with Gasteiger partial charge in [0.15, 0.2) is 12.3 Å². The largest absolute Gasteiger partial charge is 0.495 e. The van der Waals surface area contributed by atoms with Gasteiger partial charge in [-0.05, 0) is 24.3 Å². The van der Waals surface area contributed by atoms with Gasteiger partial charge in [-0.1, -0.05) is 29.4 Å². The lowest BCUT2D eigenvalue weighted by Crippen LogP contribution is -2.21. The summed E-state index contributed by atoms with van der Waals surface area (Å²) in [5, 5.41) is 12.6. The van der Waals surface area contributed by atoms with E-state index in [0.717, 1.165) is 16.4 Å². The van der Waals surface area contributed by atoms with Crippen LogP contribution in [0, 0.1) is 0 Å². The molecule has 1 N–H and O–H groups in total. The molecule has 0 unspecified atom stereocenters. The van der Waals surface area contributed by atoms with Crippen molar-refractivity contribution in [3.05, 3.63) is 60.8 Å². The van der Waals surface area contributed by atoms with Gasteiger partial charge >= 0.3 is 6.01 Å². The molecule has 0 aliphatic heterocycles. The zero-order chi connectivity index (χ0) is 19.8. The molecule has 144 valence electrons. The lowest BCUT2D eigenvalue weighted by Gasteiger charge is -2.10. The van der Waals surface area contributed by atoms with E-state index < -0.39 is 0 Å². The van der Waals surface area contributed by atoms with Crippen LogP contribution in [0.4, 0.5) is 5.69 Å². The average molecular weight is 388 g/mol. The van der Waals surface area contributed by atoms with Crippen molar-refractivity contribution in [2.24, 2.45) is 0 Å². The number of fused-ring (bicyclic) bond motifs is 4. The molecule has 29 heavy (non-hydrogen) atoms. The Morgan fingerprint density at radius 2 is 1.93 bits per heavy atom. The first-order valence-corrected chi connectivity index (χ1v) is 8.94. The number of aromatic nitrogens is 3. The quantitative estimate of drug-likeness (QED) is 0.494. The average Bonchev–Trinajstić information content (AvgIpc) is 3.32. The monoisotopic (exact) mass is 388 g/mol. The van der Waals surface area contributed by atoms with Crippen LogP contribution in [-0.4, -0.2) is 34.2 Å². The number of ether oxygens (including phenoxy) is 2. The fraction of sp³-hybridized carbons (Fsp3) is 0.0952. The van der Waals surface area contributed by atoms with Crippen molar-refractivity contribution in [3.63, 3.8) is 0 Å². The number of amides is 1. The second-order valence-corrected chi connectivity index (χ2v) is 6.40. The molecule has 0 aliphatic carbocycles. The molecule has 8 nitrogen and oxygen atoms in total. The van der Waals surface area contributed by atoms with Gasteiger partial charge in [-0.2, -0.15) is 0 Å². The summed E-state index contributed by atoms with van der Waals surface area (Å²) in [6.07, 6.45) is 1.76. The molecule has 0 saturated carbocycles. The summed E-state index contributed by atoms with van der Waals surface area (Å²) >= 11 is 0. The SMILES string of the molecule is COc1cc2c(cc1NC(=O)COc1nnc3ccccn13)oc1ccccc12. The van der Waals surface area contributed by atoms with Crippen LogP contribution in [0.5, 0.6) is 11.8 Å². The molecular formula is C21H16N4O4. The van der Waals surface area contributed by atoms with Gasteiger partial charge in [0.25, 0.3) is 5.91 Å². The van der Waals surface area contributed by atoms with Crippen molar-refractivity contribution in [1.82, 2.24) is 14.6 Å². The third-order valence-electron chi connectivity index (χ3n) is 4.59. The van der Waals surface area contributed by atoms with E-state index in [0.29, 0.717) is 22.7 Å². The van der Waals surface area contributed by atoms with Crippen molar-refractivity contribution >= 4 is 39.2 Å². The maximum atomic E-state index is 12.4. The Morgan fingerprint density at radius 1 is 1.07 bits per heavy atom. The first-order chi connectivity index (χ1) is 14.2. The minimum atomic E-state index is -0.355. The third kappa shape index (κ3) is 3.00. The number of para-hydroxylation sites is 1. The Morgan fingerprint density at radius 3 is 2.83 bits per heavy atom. The van der Waals surface area contributed by atoms with Crippen LogP contribution in [0.25, 0.3) is 27.6 Å². The summed E-state index contributed by atoms with van der Waals surface area (Å²) in [6, 6.07) is 17.1. The Bertz CT molecular complexity index is 1360. The number of pyridine rings is 1. The number of carbonyl (C=O) groups excluding carboxylic acids is 1. The summed E-state index contributed by atoms with van der Waals surface area (Å²) < 4.78 is 18.5. The Hall–Kier alpha value is -4.07. The predicted octanol–water partition coefficient (Wildman–Crippen LogP) is 3.65. The van der Waals surface area contributed by atoms with Crippen molar-refractivity contribution in [2.45, 2.75) is 0 Å². The van der Waals surface area contributed by atoms with E-state index in [9.17, 15) is 4.79 Å². The van der Waals surface area contributed by atoms with Crippen LogP contribution in [0.1, 0.15) is 0 Å². The lowest BCUT2D eigenvalue weighted by atomic mass is 10.1. The molecule has 0 atom stereocenters. The summed E-state index contributed by atoms with van der Waals surface area (Å²) in [4.78, 5) is 12.4. The van der Waals surface area contributed by atoms with Crippen molar-refractivity contribution in [3.8, 4) is 11.8 Å². The van der Waals surface area contributed by atoms with E-state index in [2.05, 4.69) is 15.5 Å². The Balaban J connectivity index is 1.38. The molecule has 0 radical (unpaired) electrons. The molecule has 0 aliphatic rings. The molecule has 8 heteroatoms. The number of nitrogens with one attached hydrogen (secondary N) is 1. The molecule has 0 saturated heterocycles. The molecule has 2 aromatic carbocycles. The van der Waals surface area contributed by atoms with Gasteiger partial charge < -0.3 is 19.2 Å². The van der Waals surface area contributed by atoms with Crippen LogP contribution in [-0.2, 0) is 4.79 Å². The van der Waals surface area contributed by atoms with Crippen LogP contribution in [0.3, 0.4) is 0 Å². The molecule has 5 aromatic rings. The summed E-state index contributed by atoms with van der Waals surface area (Å²) in [5.74, 6) is 0.178. The number of nitrogens with zero attached hydrogens (tertiary/aromatic N) is 3. The maximum Gasteiger partial charge on any atom is 0.322 e. The first-order valence-electron chi connectivity index (χ1n) is 8.94. The number of anilines is 1. The van der Waals surface area contributed by atoms with Gasteiger partial charge in [0, 0.05) is 23.0 Å². The second kappa shape index (κ2) is 6.83. The van der Waals surface area contributed by atoms with Crippen LogP contribution >= 0.6 is 0 Å². The highest BCUT2D eigenvalue weighted by atomic mass is 16.5. The minimum absolute atomic E-state index is 0.225. The summed E-state index contributed by atoms with van der Waals surface area (Å²) in [7, 11) is 1.55. The lowest BCUT2D eigenvalue weighted by molar-refractivity contribution is -0.118. The summed E-state index contributed by atoms with van der Waals surface area (Å²) in [6.45, 7) is -0.225. The molecule has 3 heterocycles. The normalized spacial score (nSPS) is 11.2.